The third kappa shape index (κ3) is 2.61. The first-order valence-corrected chi connectivity index (χ1v) is 5.73. The summed E-state index contributed by atoms with van der Waals surface area (Å²) in [5.41, 5.74) is 1.05. The average molecular weight is 222 g/mol. The smallest absolute Gasteiger partial charge is 0.224 e. The molecule has 0 bridgehead atoms. The summed E-state index contributed by atoms with van der Waals surface area (Å²) in [6.07, 6.45) is 4.24. The van der Waals surface area contributed by atoms with E-state index in [2.05, 4.69) is 27.5 Å². The van der Waals surface area contributed by atoms with Gasteiger partial charge >= 0.3 is 0 Å². The van der Waals surface area contributed by atoms with Gasteiger partial charge < -0.3 is 15.6 Å². The first-order valence-electron chi connectivity index (χ1n) is 5.73. The van der Waals surface area contributed by atoms with Crippen molar-refractivity contribution in [2.24, 2.45) is 11.8 Å². The highest BCUT2D eigenvalue weighted by Crippen LogP contribution is 2.15. The summed E-state index contributed by atoms with van der Waals surface area (Å²) in [4.78, 5) is 18.8. The highest BCUT2D eigenvalue weighted by atomic mass is 16.1. The second-order valence-electron chi connectivity index (χ2n) is 4.36. The third-order valence-corrected chi connectivity index (χ3v) is 3.10. The first kappa shape index (κ1) is 11.1. The molecule has 1 saturated heterocycles. The first-order chi connectivity index (χ1) is 7.77. The van der Waals surface area contributed by atoms with Crippen LogP contribution >= 0.6 is 0 Å². The van der Waals surface area contributed by atoms with Crippen LogP contribution in [0.25, 0.3) is 0 Å². The van der Waals surface area contributed by atoms with Crippen LogP contribution < -0.4 is 10.6 Å². The van der Waals surface area contributed by atoms with Crippen LogP contribution in [-0.4, -0.2) is 35.5 Å². The largest absolute Gasteiger partial charge is 0.355 e. The van der Waals surface area contributed by atoms with Gasteiger partial charge in [-0.05, 0) is 12.5 Å². The lowest BCUT2D eigenvalue weighted by Crippen LogP contribution is -2.35. The van der Waals surface area contributed by atoms with Crippen LogP contribution in [0.15, 0.2) is 12.5 Å². The minimum Gasteiger partial charge on any atom is -0.355 e. The molecule has 2 rings (SSSR count). The number of H-pyrrole nitrogens is 1. The Kier molecular flexibility index (Phi) is 3.56. The number of nitrogens with one attached hydrogen (secondary N) is 3. The maximum atomic E-state index is 11.8. The molecule has 3 N–H and O–H groups in total. The zero-order chi connectivity index (χ0) is 11.4. The molecule has 16 heavy (non-hydrogen) atoms. The molecule has 0 saturated carbocycles. The molecule has 88 valence electrons. The number of aromatic amines is 1. The molecule has 1 aromatic rings. The number of carbonyl (C=O) groups is 1. The van der Waals surface area contributed by atoms with Gasteiger partial charge in [-0.3, -0.25) is 4.79 Å². The fourth-order valence-electron chi connectivity index (χ4n) is 2.03. The number of hydrogen-bond donors (Lipinski definition) is 3. The number of carbonyl (C=O) groups excluding carboxylic acids is 1. The van der Waals surface area contributed by atoms with Crippen LogP contribution in [0.1, 0.15) is 12.6 Å². The lowest BCUT2D eigenvalue weighted by Gasteiger charge is -2.13. The summed E-state index contributed by atoms with van der Waals surface area (Å²) in [7, 11) is 0. The van der Waals surface area contributed by atoms with Gasteiger partial charge in [0.1, 0.15) is 0 Å². The fourth-order valence-corrected chi connectivity index (χ4v) is 2.03. The van der Waals surface area contributed by atoms with Gasteiger partial charge in [0.2, 0.25) is 5.91 Å². The van der Waals surface area contributed by atoms with Crippen LogP contribution in [0.5, 0.6) is 0 Å². The Balaban J connectivity index is 1.71. The number of rotatable bonds is 4. The van der Waals surface area contributed by atoms with E-state index in [0.29, 0.717) is 12.5 Å². The van der Waals surface area contributed by atoms with Crippen molar-refractivity contribution in [1.29, 1.82) is 0 Å². The van der Waals surface area contributed by atoms with Crippen molar-refractivity contribution in [3.8, 4) is 0 Å². The normalized spacial score (nSPS) is 24.6. The van der Waals surface area contributed by atoms with E-state index in [4.69, 9.17) is 0 Å². The molecule has 1 aliphatic heterocycles. The number of amides is 1. The van der Waals surface area contributed by atoms with Crippen LogP contribution in [-0.2, 0) is 11.2 Å². The van der Waals surface area contributed by atoms with Crippen LogP contribution in [0.3, 0.4) is 0 Å². The van der Waals surface area contributed by atoms with E-state index in [1.165, 1.54) is 0 Å². The monoisotopic (exact) mass is 222 g/mol. The maximum absolute atomic E-state index is 11.8. The molecule has 0 radical (unpaired) electrons. The third-order valence-electron chi connectivity index (χ3n) is 3.10. The molecule has 5 heteroatoms. The van der Waals surface area contributed by atoms with Gasteiger partial charge in [-0.1, -0.05) is 6.92 Å². The van der Waals surface area contributed by atoms with E-state index in [9.17, 15) is 4.79 Å². The molecule has 2 heterocycles. The Bertz CT molecular complexity index is 336. The number of nitrogens with zero attached hydrogens (tertiary/aromatic N) is 1. The molecular formula is C11H18N4O. The topological polar surface area (TPSA) is 69.8 Å². The molecule has 5 nitrogen and oxygen atoms in total. The summed E-state index contributed by atoms with van der Waals surface area (Å²) in [5, 5.41) is 6.20. The standard InChI is InChI=1S/C11H18N4O/c1-8-4-12-6-10(8)11(16)14-3-2-9-5-13-7-15-9/h5,7-8,10,12H,2-4,6H2,1H3,(H,13,15)(H,14,16). The molecule has 1 fully saturated rings. The Morgan fingerprint density at radius 1 is 1.62 bits per heavy atom. The van der Waals surface area contributed by atoms with Gasteiger partial charge in [0.05, 0.1) is 12.2 Å². The van der Waals surface area contributed by atoms with Gasteiger partial charge in [-0.15, -0.1) is 0 Å². The van der Waals surface area contributed by atoms with Gasteiger partial charge in [0.25, 0.3) is 0 Å². The summed E-state index contributed by atoms with van der Waals surface area (Å²) >= 11 is 0. The number of aromatic nitrogens is 2. The van der Waals surface area contributed by atoms with E-state index in [1.807, 2.05) is 0 Å². The molecule has 1 aliphatic rings. The second kappa shape index (κ2) is 5.12. The van der Waals surface area contributed by atoms with Gasteiger partial charge in [0, 0.05) is 31.4 Å². The summed E-state index contributed by atoms with van der Waals surface area (Å²) in [5.74, 6) is 0.728. The Hall–Kier alpha value is -1.36. The van der Waals surface area contributed by atoms with E-state index >= 15 is 0 Å². The summed E-state index contributed by atoms with van der Waals surface area (Å²) < 4.78 is 0. The van der Waals surface area contributed by atoms with Crippen LogP contribution in [0.4, 0.5) is 0 Å². The number of hydrogen-bond acceptors (Lipinski definition) is 3. The Labute approximate surface area is 95.0 Å². The van der Waals surface area contributed by atoms with Crippen molar-refractivity contribution >= 4 is 5.91 Å². The van der Waals surface area contributed by atoms with Crippen molar-refractivity contribution < 1.29 is 4.79 Å². The van der Waals surface area contributed by atoms with Crippen molar-refractivity contribution in [1.82, 2.24) is 20.6 Å². The zero-order valence-corrected chi connectivity index (χ0v) is 9.49. The highest BCUT2D eigenvalue weighted by molar-refractivity contribution is 5.79. The van der Waals surface area contributed by atoms with Crippen LogP contribution in [0, 0.1) is 11.8 Å². The van der Waals surface area contributed by atoms with E-state index in [1.54, 1.807) is 12.5 Å². The van der Waals surface area contributed by atoms with Gasteiger partial charge in [0.15, 0.2) is 0 Å². The van der Waals surface area contributed by atoms with E-state index in [0.717, 1.165) is 25.2 Å². The van der Waals surface area contributed by atoms with Crippen molar-refractivity contribution in [2.75, 3.05) is 19.6 Å². The Morgan fingerprint density at radius 3 is 3.12 bits per heavy atom. The second-order valence-corrected chi connectivity index (χ2v) is 4.36. The summed E-state index contributed by atoms with van der Waals surface area (Å²) in [6, 6.07) is 0. The molecule has 0 aliphatic carbocycles. The Morgan fingerprint density at radius 2 is 2.50 bits per heavy atom. The minimum absolute atomic E-state index is 0.127. The minimum atomic E-state index is 0.127. The summed E-state index contributed by atoms with van der Waals surface area (Å²) in [6.45, 7) is 4.53. The van der Waals surface area contributed by atoms with Gasteiger partial charge in [-0.25, -0.2) is 4.98 Å². The molecule has 2 atom stereocenters. The predicted molar refractivity (Wildman–Crippen MR) is 60.8 cm³/mol. The SMILES string of the molecule is CC1CNCC1C(=O)NCCc1cnc[nH]1. The molecule has 1 amide bonds. The van der Waals surface area contributed by atoms with Gasteiger partial charge in [-0.2, -0.15) is 0 Å². The average Bonchev–Trinajstić information content (AvgIpc) is 2.88. The molecule has 2 unspecified atom stereocenters. The molecule has 0 aromatic carbocycles. The van der Waals surface area contributed by atoms with E-state index < -0.39 is 0 Å². The van der Waals surface area contributed by atoms with Crippen molar-refractivity contribution in [2.45, 2.75) is 13.3 Å². The quantitative estimate of drug-likeness (QED) is 0.667. The predicted octanol–water partition coefficient (Wildman–Crippen LogP) is -0.0761. The molecular weight excluding hydrogens is 204 g/mol. The highest BCUT2D eigenvalue weighted by Gasteiger charge is 2.28. The zero-order valence-electron chi connectivity index (χ0n) is 9.49. The molecule has 1 aromatic heterocycles. The van der Waals surface area contributed by atoms with E-state index in [-0.39, 0.29) is 11.8 Å². The lowest BCUT2D eigenvalue weighted by molar-refractivity contribution is -0.125. The van der Waals surface area contributed by atoms with Crippen molar-refractivity contribution in [3.63, 3.8) is 0 Å². The van der Waals surface area contributed by atoms with Crippen LogP contribution in [0.2, 0.25) is 0 Å². The van der Waals surface area contributed by atoms with Crippen molar-refractivity contribution in [3.05, 3.63) is 18.2 Å². The lowest BCUT2D eigenvalue weighted by atomic mass is 9.97. The molecule has 0 spiro atoms. The number of imidazole rings is 1. The maximum Gasteiger partial charge on any atom is 0.224 e. The fraction of sp³-hybridized carbons (Fsp3) is 0.636.